The van der Waals surface area contributed by atoms with E-state index in [9.17, 15) is 19.2 Å². The number of Topliss-reactive ketones (excluding diaryl/α,β-unsaturated/α-hetero) is 1. The van der Waals surface area contributed by atoms with Crippen LogP contribution in [0.1, 0.15) is 28.8 Å². The molecule has 35 heavy (non-hydrogen) atoms. The number of carbonyl (C=O) groups excluding carboxylic acids is 3. The third-order valence-electron chi connectivity index (χ3n) is 5.05. The Hall–Kier alpha value is -4.54. The first-order valence-electron chi connectivity index (χ1n) is 10.5. The van der Waals surface area contributed by atoms with Gasteiger partial charge in [0.1, 0.15) is 29.0 Å². The Balaban J connectivity index is 1.66. The van der Waals surface area contributed by atoms with Crippen LogP contribution in [0.5, 0.6) is 23.0 Å². The zero-order valence-electron chi connectivity index (χ0n) is 19.0. The van der Waals surface area contributed by atoms with Gasteiger partial charge in [0.15, 0.2) is 12.4 Å². The monoisotopic (exact) mass is 484 g/mol. The van der Waals surface area contributed by atoms with Crippen molar-refractivity contribution >= 4 is 29.6 Å². The molecule has 3 rings (SSSR count). The van der Waals surface area contributed by atoms with E-state index < -0.39 is 30.4 Å². The van der Waals surface area contributed by atoms with Crippen molar-refractivity contribution in [1.82, 2.24) is 5.32 Å². The van der Waals surface area contributed by atoms with E-state index in [1.165, 1.54) is 32.4 Å². The number of primary amides is 1. The average molecular weight is 484 g/mol. The standard InChI is InChI=1S/C24H24N2O9/c1-32-14-4-3-13(18(10-14)33-2)9-20-23(29)16-6-5-15(11-19(16)35-20)34-12-22(28)26-17(24(30)31)7-8-21(25)27/h3-6,9-11,17H,7-8,12H2,1-2H3,(H2,25,27)(H,26,28)(H,30,31)/b20-9-/t17-/m0/s1. The van der Waals surface area contributed by atoms with Gasteiger partial charge < -0.3 is 35.1 Å². The van der Waals surface area contributed by atoms with Crippen LogP contribution in [-0.4, -0.2) is 55.5 Å². The lowest BCUT2D eigenvalue weighted by Gasteiger charge is -2.14. The largest absolute Gasteiger partial charge is 0.497 e. The second-order valence-electron chi connectivity index (χ2n) is 7.46. The first-order chi connectivity index (χ1) is 16.7. The highest BCUT2D eigenvalue weighted by atomic mass is 16.5. The summed E-state index contributed by atoms with van der Waals surface area (Å²) in [6.45, 7) is -0.487. The van der Waals surface area contributed by atoms with Crippen molar-refractivity contribution in [2.45, 2.75) is 18.9 Å². The van der Waals surface area contributed by atoms with Crippen LogP contribution < -0.4 is 30.0 Å². The van der Waals surface area contributed by atoms with Gasteiger partial charge in [-0.2, -0.15) is 0 Å². The number of ether oxygens (including phenoxy) is 4. The van der Waals surface area contributed by atoms with E-state index >= 15 is 0 Å². The van der Waals surface area contributed by atoms with Crippen LogP contribution in [0.3, 0.4) is 0 Å². The number of allylic oxidation sites excluding steroid dienone is 1. The number of carbonyl (C=O) groups is 4. The Labute approximate surface area is 200 Å². The summed E-state index contributed by atoms with van der Waals surface area (Å²) in [5, 5.41) is 11.4. The molecule has 0 saturated carbocycles. The van der Waals surface area contributed by atoms with Gasteiger partial charge in [-0.05, 0) is 36.8 Å². The van der Waals surface area contributed by atoms with Crippen molar-refractivity contribution in [3.63, 3.8) is 0 Å². The minimum absolute atomic E-state index is 0.0807. The predicted molar refractivity (Wildman–Crippen MR) is 122 cm³/mol. The fourth-order valence-electron chi connectivity index (χ4n) is 3.26. The summed E-state index contributed by atoms with van der Waals surface area (Å²) in [7, 11) is 3.03. The molecule has 2 aromatic rings. The zero-order valence-corrected chi connectivity index (χ0v) is 19.0. The normalized spacial score (nSPS) is 14.0. The fraction of sp³-hybridized carbons (Fsp3) is 0.250. The molecule has 184 valence electrons. The highest BCUT2D eigenvalue weighted by molar-refractivity contribution is 6.14. The van der Waals surface area contributed by atoms with Crippen LogP contribution in [0, 0.1) is 0 Å². The molecule has 1 heterocycles. The van der Waals surface area contributed by atoms with Crippen LogP contribution in [0.4, 0.5) is 0 Å². The molecule has 11 nitrogen and oxygen atoms in total. The summed E-state index contributed by atoms with van der Waals surface area (Å²) in [6.07, 6.45) is 1.22. The van der Waals surface area contributed by atoms with Gasteiger partial charge in [-0.25, -0.2) is 4.79 Å². The SMILES string of the molecule is COc1ccc(/C=C2\Oc3cc(OCC(=O)N[C@@H](CCC(N)=O)C(=O)O)ccc3C2=O)c(OC)c1. The average Bonchev–Trinajstić information content (AvgIpc) is 3.14. The van der Waals surface area contributed by atoms with Gasteiger partial charge in [0.2, 0.25) is 11.7 Å². The van der Waals surface area contributed by atoms with E-state index in [2.05, 4.69) is 5.32 Å². The van der Waals surface area contributed by atoms with Gasteiger partial charge in [0, 0.05) is 24.1 Å². The number of nitrogens with two attached hydrogens (primary N) is 1. The lowest BCUT2D eigenvalue weighted by molar-refractivity contribution is -0.142. The molecule has 0 saturated heterocycles. The maximum absolute atomic E-state index is 12.7. The summed E-state index contributed by atoms with van der Waals surface area (Å²) in [5.74, 6) is -1.35. The van der Waals surface area contributed by atoms with Crippen LogP contribution in [-0.2, 0) is 14.4 Å². The summed E-state index contributed by atoms with van der Waals surface area (Å²) in [4.78, 5) is 46.9. The van der Waals surface area contributed by atoms with Gasteiger partial charge in [0.05, 0.1) is 19.8 Å². The van der Waals surface area contributed by atoms with Crippen LogP contribution >= 0.6 is 0 Å². The maximum Gasteiger partial charge on any atom is 0.326 e. The van der Waals surface area contributed by atoms with Crippen molar-refractivity contribution in [2.75, 3.05) is 20.8 Å². The second kappa shape index (κ2) is 11.1. The molecule has 0 aliphatic carbocycles. The van der Waals surface area contributed by atoms with E-state index in [4.69, 9.17) is 29.8 Å². The Bertz CT molecular complexity index is 1190. The Morgan fingerprint density at radius 3 is 2.51 bits per heavy atom. The number of carboxylic acids is 1. The minimum atomic E-state index is -1.29. The van der Waals surface area contributed by atoms with Gasteiger partial charge in [-0.1, -0.05) is 0 Å². The number of nitrogens with one attached hydrogen (secondary N) is 1. The van der Waals surface area contributed by atoms with Crippen LogP contribution in [0.25, 0.3) is 6.08 Å². The van der Waals surface area contributed by atoms with Gasteiger partial charge in [-0.15, -0.1) is 0 Å². The number of carboxylic acid groups (broad SMARTS) is 1. The van der Waals surface area contributed by atoms with Crippen molar-refractivity contribution < 1.29 is 43.2 Å². The molecule has 0 fully saturated rings. The molecule has 1 aliphatic heterocycles. The molecular weight excluding hydrogens is 460 g/mol. The smallest absolute Gasteiger partial charge is 0.326 e. The molecule has 0 aromatic heterocycles. The van der Waals surface area contributed by atoms with Gasteiger partial charge >= 0.3 is 5.97 Å². The third-order valence-corrected chi connectivity index (χ3v) is 5.05. The van der Waals surface area contributed by atoms with Crippen molar-refractivity contribution in [3.05, 3.63) is 53.3 Å². The first kappa shape index (κ1) is 25.1. The lowest BCUT2D eigenvalue weighted by Crippen LogP contribution is -2.43. The number of amides is 2. The summed E-state index contributed by atoms with van der Waals surface area (Å²) >= 11 is 0. The minimum Gasteiger partial charge on any atom is -0.497 e. The highest BCUT2D eigenvalue weighted by Gasteiger charge is 2.28. The summed E-state index contributed by atoms with van der Waals surface area (Å²) < 4.78 is 21.6. The van der Waals surface area contributed by atoms with Crippen molar-refractivity contribution in [2.24, 2.45) is 5.73 Å². The number of fused-ring (bicyclic) bond motifs is 1. The molecule has 2 aromatic carbocycles. The number of methoxy groups -OCH3 is 2. The van der Waals surface area contributed by atoms with E-state index in [1.54, 1.807) is 24.3 Å². The van der Waals surface area contributed by atoms with Gasteiger partial charge in [-0.3, -0.25) is 14.4 Å². The molecule has 4 N–H and O–H groups in total. The molecule has 0 bridgehead atoms. The van der Waals surface area contributed by atoms with E-state index in [-0.39, 0.29) is 35.9 Å². The number of hydrogen-bond acceptors (Lipinski definition) is 8. The number of ketones is 1. The number of hydrogen-bond donors (Lipinski definition) is 3. The number of aliphatic carboxylic acids is 1. The molecule has 2 amide bonds. The zero-order chi connectivity index (χ0) is 25.5. The molecule has 1 aliphatic rings. The lowest BCUT2D eigenvalue weighted by atomic mass is 10.1. The number of rotatable bonds is 11. The molecule has 0 radical (unpaired) electrons. The Kier molecular flexibility index (Phi) is 7.92. The van der Waals surface area contributed by atoms with Crippen LogP contribution in [0.2, 0.25) is 0 Å². The topological polar surface area (TPSA) is 163 Å². The molecule has 11 heteroatoms. The van der Waals surface area contributed by atoms with Gasteiger partial charge in [0.25, 0.3) is 5.91 Å². The van der Waals surface area contributed by atoms with E-state index in [0.29, 0.717) is 22.6 Å². The van der Waals surface area contributed by atoms with Crippen molar-refractivity contribution in [3.8, 4) is 23.0 Å². The fourth-order valence-corrected chi connectivity index (χ4v) is 3.26. The summed E-state index contributed by atoms with van der Waals surface area (Å²) in [5.41, 5.74) is 5.95. The van der Waals surface area contributed by atoms with E-state index in [1.807, 2.05) is 0 Å². The molecule has 0 unspecified atom stereocenters. The van der Waals surface area contributed by atoms with Crippen molar-refractivity contribution in [1.29, 1.82) is 0 Å². The second-order valence-corrected chi connectivity index (χ2v) is 7.46. The molecule has 1 atom stereocenters. The Morgan fingerprint density at radius 2 is 1.86 bits per heavy atom. The third kappa shape index (κ3) is 6.28. The predicted octanol–water partition coefficient (Wildman–Crippen LogP) is 1.53. The molecule has 0 spiro atoms. The molecular formula is C24H24N2O9. The maximum atomic E-state index is 12.7. The summed E-state index contributed by atoms with van der Waals surface area (Å²) in [6, 6.07) is 8.30. The quantitative estimate of drug-likeness (QED) is 0.401. The van der Waals surface area contributed by atoms with Crippen LogP contribution in [0.15, 0.2) is 42.2 Å². The first-order valence-corrected chi connectivity index (χ1v) is 10.5. The highest BCUT2D eigenvalue weighted by Crippen LogP contribution is 2.36. The van der Waals surface area contributed by atoms with E-state index in [0.717, 1.165) is 0 Å². The number of benzene rings is 2. The Morgan fingerprint density at radius 1 is 1.11 bits per heavy atom.